The van der Waals surface area contributed by atoms with Gasteiger partial charge in [0.25, 0.3) is 5.78 Å². The smallest absolute Gasteiger partial charge is 0.306 e. The first-order valence-corrected chi connectivity index (χ1v) is 4.55. The molecular formula is C9H10N4O2. The molecule has 6 heteroatoms. The van der Waals surface area contributed by atoms with Gasteiger partial charge in [-0.15, -0.1) is 5.10 Å². The van der Waals surface area contributed by atoms with Gasteiger partial charge in [-0.05, 0) is 0 Å². The first kappa shape index (κ1) is 9.57. The lowest BCUT2D eigenvalue weighted by atomic mass is 10.1. The van der Waals surface area contributed by atoms with E-state index in [1.165, 1.54) is 0 Å². The maximum absolute atomic E-state index is 10.7. The zero-order chi connectivity index (χ0) is 10.8. The summed E-state index contributed by atoms with van der Waals surface area (Å²) >= 11 is 0. The summed E-state index contributed by atoms with van der Waals surface area (Å²) in [4.78, 5) is 14.8. The van der Waals surface area contributed by atoms with Crippen molar-refractivity contribution < 1.29 is 9.90 Å². The van der Waals surface area contributed by atoms with Crippen LogP contribution in [-0.2, 0) is 11.2 Å². The Bertz CT molecular complexity index is 461. The summed E-state index contributed by atoms with van der Waals surface area (Å²) in [6.07, 6.45) is 5.45. The van der Waals surface area contributed by atoms with Gasteiger partial charge < -0.3 is 5.11 Å². The topological polar surface area (TPSA) is 80.4 Å². The molecule has 15 heavy (non-hydrogen) atoms. The Hall–Kier alpha value is -1.98. The molecule has 1 atom stereocenters. The third-order valence-electron chi connectivity index (χ3n) is 2.14. The first-order valence-electron chi connectivity index (χ1n) is 4.55. The summed E-state index contributed by atoms with van der Waals surface area (Å²) in [5.41, 5.74) is 0.713. The van der Waals surface area contributed by atoms with Crippen LogP contribution in [0.1, 0.15) is 12.6 Å². The minimum atomic E-state index is -0.821. The van der Waals surface area contributed by atoms with Crippen LogP contribution in [0.15, 0.2) is 18.6 Å². The Kier molecular flexibility index (Phi) is 2.32. The van der Waals surface area contributed by atoms with Gasteiger partial charge in [-0.2, -0.15) is 5.10 Å². The molecule has 6 nitrogen and oxygen atoms in total. The number of hydrogen-bond acceptors (Lipinski definition) is 4. The molecule has 1 unspecified atom stereocenters. The number of carbonyl (C=O) groups is 1. The summed E-state index contributed by atoms with van der Waals surface area (Å²) in [5.74, 6) is -0.772. The quantitative estimate of drug-likeness (QED) is 0.785. The van der Waals surface area contributed by atoms with Crippen molar-refractivity contribution in [3.63, 3.8) is 0 Å². The maximum atomic E-state index is 10.7. The van der Waals surface area contributed by atoms with Crippen LogP contribution < -0.4 is 0 Å². The Balaban J connectivity index is 2.26. The highest BCUT2D eigenvalue weighted by Crippen LogP contribution is 2.08. The third kappa shape index (κ3) is 1.93. The molecule has 0 amide bonds. The molecule has 0 aromatic carbocycles. The lowest BCUT2D eigenvalue weighted by Gasteiger charge is -2.01. The van der Waals surface area contributed by atoms with Gasteiger partial charge in [-0.25, -0.2) is 4.98 Å². The van der Waals surface area contributed by atoms with Crippen LogP contribution in [-0.4, -0.2) is 30.7 Å². The van der Waals surface area contributed by atoms with Crippen molar-refractivity contribution in [2.75, 3.05) is 0 Å². The Morgan fingerprint density at radius 1 is 1.67 bits per heavy atom. The monoisotopic (exact) mass is 206 g/mol. The highest BCUT2D eigenvalue weighted by molar-refractivity contribution is 5.69. The van der Waals surface area contributed by atoms with Crippen molar-refractivity contribution in [2.45, 2.75) is 13.3 Å². The molecule has 78 valence electrons. The zero-order valence-electron chi connectivity index (χ0n) is 8.16. The van der Waals surface area contributed by atoms with Gasteiger partial charge in [-0.3, -0.25) is 9.20 Å². The number of aliphatic carboxylic acids is 1. The number of imidazole rings is 1. The van der Waals surface area contributed by atoms with E-state index in [9.17, 15) is 4.79 Å². The number of nitrogens with zero attached hydrogens (tertiary/aromatic N) is 4. The molecule has 2 rings (SSSR count). The molecule has 1 N–H and O–H groups in total. The van der Waals surface area contributed by atoms with Gasteiger partial charge in [0.05, 0.1) is 17.8 Å². The van der Waals surface area contributed by atoms with Gasteiger partial charge in [0.2, 0.25) is 0 Å². The summed E-state index contributed by atoms with van der Waals surface area (Å²) in [6, 6.07) is 0. The molecule has 0 aliphatic heterocycles. The average molecular weight is 206 g/mol. The lowest BCUT2D eigenvalue weighted by Crippen LogP contribution is -2.12. The standard InChI is InChI=1S/C9H10N4O2/c1-6(8(14)15)4-7-5-13-3-2-10-12-9(13)11-7/h2-3,5-6H,4H2,1H3,(H,14,15). The van der Waals surface area contributed by atoms with Crippen molar-refractivity contribution in [1.82, 2.24) is 19.6 Å². The van der Waals surface area contributed by atoms with Crippen molar-refractivity contribution in [3.8, 4) is 0 Å². The second kappa shape index (κ2) is 3.64. The van der Waals surface area contributed by atoms with Crippen LogP contribution in [0.2, 0.25) is 0 Å². The fourth-order valence-electron chi connectivity index (χ4n) is 1.30. The number of rotatable bonds is 3. The van der Waals surface area contributed by atoms with E-state index in [0.29, 0.717) is 17.9 Å². The molecule has 2 aromatic rings. The fourth-order valence-corrected chi connectivity index (χ4v) is 1.30. The van der Waals surface area contributed by atoms with Crippen molar-refractivity contribution in [2.24, 2.45) is 5.92 Å². The van der Waals surface area contributed by atoms with Gasteiger partial charge >= 0.3 is 5.97 Å². The number of hydrogen-bond donors (Lipinski definition) is 1. The van der Waals surface area contributed by atoms with Gasteiger partial charge in [0, 0.05) is 18.8 Å². The van der Waals surface area contributed by atoms with Gasteiger partial charge in [0.15, 0.2) is 0 Å². The second-order valence-electron chi connectivity index (χ2n) is 3.40. The summed E-state index contributed by atoms with van der Waals surface area (Å²) < 4.78 is 1.72. The summed E-state index contributed by atoms with van der Waals surface area (Å²) in [7, 11) is 0. The SMILES string of the molecule is CC(Cc1cn2ccnnc2n1)C(=O)O. The molecule has 0 fully saturated rings. The van der Waals surface area contributed by atoms with Crippen molar-refractivity contribution in [1.29, 1.82) is 0 Å². The molecule has 0 aliphatic carbocycles. The Morgan fingerprint density at radius 2 is 2.47 bits per heavy atom. The molecule has 0 spiro atoms. The zero-order valence-corrected chi connectivity index (χ0v) is 8.16. The Labute approximate surface area is 85.6 Å². The van der Waals surface area contributed by atoms with Crippen LogP contribution in [0.5, 0.6) is 0 Å². The predicted octanol–water partition coefficient (Wildman–Crippen LogP) is 0.387. The molecule has 0 radical (unpaired) electrons. The molecule has 0 saturated heterocycles. The minimum absolute atomic E-state index is 0.401. The van der Waals surface area contributed by atoms with E-state index in [2.05, 4.69) is 15.2 Å². The van der Waals surface area contributed by atoms with E-state index < -0.39 is 11.9 Å². The largest absolute Gasteiger partial charge is 0.481 e. The molecular weight excluding hydrogens is 196 g/mol. The second-order valence-corrected chi connectivity index (χ2v) is 3.40. The maximum Gasteiger partial charge on any atom is 0.306 e. The summed E-state index contributed by atoms with van der Waals surface area (Å²) in [6.45, 7) is 1.65. The van der Waals surface area contributed by atoms with E-state index in [0.717, 1.165) is 0 Å². The van der Waals surface area contributed by atoms with Crippen LogP contribution in [0, 0.1) is 5.92 Å². The number of carboxylic acid groups (broad SMARTS) is 1. The Morgan fingerprint density at radius 3 is 3.13 bits per heavy atom. The fraction of sp³-hybridized carbons (Fsp3) is 0.333. The predicted molar refractivity (Wildman–Crippen MR) is 51.3 cm³/mol. The number of carboxylic acids is 1. The molecule has 2 aromatic heterocycles. The van der Waals surface area contributed by atoms with E-state index in [1.54, 1.807) is 29.9 Å². The molecule has 0 bridgehead atoms. The lowest BCUT2D eigenvalue weighted by molar-refractivity contribution is -0.141. The summed E-state index contributed by atoms with van der Waals surface area (Å²) in [5, 5.41) is 16.3. The molecule has 2 heterocycles. The van der Waals surface area contributed by atoms with Gasteiger partial charge in [-0.1, -0.05) is 6.92 Å². The van der Waals surface area contributed by atoms with Crippen molar-refractivity contribution in [3.05, 3.63) is 24.3 Å². The average Bonchev–Trinajstić information content (AvgIpc) is 2.59. The molecule has 0 aliphatic rings. The molecule has 0 saturated carbocycles. The minimum Gasteiger partial charge on any atom is -0.481 e. The van der Waals surface area contributed by atoms with Crippen LogP contribution in [0.3, 0.4) is 0 Å². The van der Waals surface area contributed by atoms with Crippen LogP contribution in [0.4, 0.5) is 0 Å². The number of fused-ring (bicyclic) bond motifs is 1. The highest BCUT2D eigenvalue weighted by Gasteiger charge is 2.13. The van der Waals surface area contributed by atoms with Crippen LogP contribution >= 0.6 is 0 Å². The van der Waals surface area contributed by atoms with Crippen LogP contribution in [0.25, 0.3) is 5.78 Å². The van der Waals surface area contributed by atoms with E-state index in [1.807, 2.05) is 0 Å². The number of aromatic nitrogens is 4. The van der Waals surface area contributed by atoms with Crippen molar-refractivity contribution >= 4 is 11.7 Å². The normalized spacial score (nSPS) is 12.9. The van der Waals surface area contributed by atoms with E-state index >= 15 is 0 Å². The van der Waals surface area contributed by atoms with E-state index in [-0.39, 0.29) is 0 Å². The third-order valence-corrected chi connectivity index (χ3v) is 2.14. The van der Waals surface area contributed by atoms with Gasteiger partial charge in [0.1, 0.15) is 0 Å². The first-order chi connectivity index (χ1) is 7.16. The van der Waals surface area contributed by atoms with E-state index in [4.69, 9.17) is 5.11 Å². The highest BCUT2D eigenvalue weighted by atomic mass is 16.4.